The minimum absolute atomic E-state index is 0. The van der Waals surface area contributed by atoms with Gasteiger partial charge in [-0.25, -0.2) is 13.2 Å². The molecule has 0 aromatic heterocycles. The lowest BCUT2D eigenvalue weighted by atomic mass is 9.97. The van der Waals surface area contributed by atoms with E-state index in [4.69, 9.17) is 23.2 Å². The molecule has 0 radical (unpaired) electrons. The molecule has 1 aliphatic heterocycles. The second-order valence-electron chi connectivity index (χ2n) is 7.10. The molecule has 0 aliphatic carbocycles. The van der Waals surface area contributed by atoms with Crippen molar-refractivity contribution in [2.75, 3.05) is 12.8 Å². The molecule has 168 valence electrons. The first-order valence-electron chi connectivity index (χ1n) is 9.11. The topological polar surface area (TPSA) is 113 Å². The number of hydrogen-bond acceptors (Lipinski definition) is 5. The predicted molar refractivity (Wildman–Crippen MR) is 121 cm³/mol. The number of halogens is 3. The number of carboxylic acids is 1. The van der Waals surface area contributed by atoms with Gasteiger partial charge in [0.05, 0.1) is 20.5 Å². The van der Waals surface area contributed by atoms with Gasteiger partial charge in [0.2, 0.25) is 0 Å². The minimum Gasteiger partial charge on any atom is -0.480 e. The summed E-state index contributed by atoms with van der Waals surface area (Å²) in [7, 11) is -3.44. The van der Waals surface area contributed by atoms with Crippen molar-refractivity contribution in [3.8, 4) is 0 Å². The Kier molecular flexibility index (Phi) is 8.35. The van der Waals surface area contributed by atoms with Gasteiger partial charge in [0, 0.05) is 19.2 Å². The zero-order valence-corrected chi connectivity index (χ0v) is 19.6. The highest BCUT2D eigenvalue weighted by Gasteiger charge is 2.27. The van der Waals surface area contributed by atoms with Crippen molar-refractivity contribution in [1.82, 2.24) is 10.6 Å². The number of benzene rings is 2. The molecule has 3 N–H and O–H groups in total. The van der Waals surface area contributed by atoms with Crippen LogP contribution in [0.5, 0.6) is 0 Å². The number of rotatable bonds is 6. The quantitative estimate of drug-likeness (QED) is 0.554. The van der Waals surface area contributed by atoms with Crippen LogP contribution < -0.4 is 10.6 Å². The Morgan fingerprint density at radius 3 is 2.61 bits per heavy atom. The van der Waals surface area contributed by atoms with Crippen molar-refractivity contribution in [1.29, 1.82) is 0 Å². The number of aliphatic carboxylic acids is 1. The molecule has 3 rings (SSSR count). The maximum atomic E-state index is 12.8. The first-order valence-corrected chi connectivity index (χ1v) is 11.8. The van der Waals surface area contributed by atoms with Crippen LogP contribution in [0.3, 0.4) is 0 Å². The van der Waals surface area contributed by atoms with Crippen molar-refractivity contribution in [3.05, 3.63) is 62.6 Å². The van der Waals surface area contributed by atoms with Gasteiger partial charge in [-0.15, -0.1) is 12.4 Å². The van der Waals surface area contributed by atoms with E-state index >= 15 is 0 Å². The third-order valence-electron chi connectivity index (χ3n) is 4.88. The lowest BCUT2D eigenvalue weighted by molar-refractivity contribution is -0.139. The second-order valence-corrected chi connectivity index (χ2v) is 9.90. The summed E-state index contributed by atoms with van der Waals surface area (Å²) in [4.78, 5) is 24.7. The highest BCUT2D eigenvalue weighted by Crippen LogP contribution is 2.33. The van der Waals surface area contributed by atoms with Crippen LogP contribution in [0.25, 0.3) is 0 Å². The van der Waals surface area contributed by atoms with E-state index in [0.717, 1.165) is 17.4 Å². The van der Waals surface area contributed by atoms with Gasteiger partial charge >= 0.3 is 5.97 Å². The van der Waals surface area contributed by atoms with Crippen LogP contribution in [0.1, 0.15) is 27.0 Å². The molecule has 2 aromatic rings. The summed E-state index contributed by atoms with van der Waals surface area (Å²) >= 11 is 12.7. The summed E-state index contributed by atoms with van der Waals surface area (Å²) in [5.41, 5.74) is 2.22. The molecule has 31 heavy (non-hydrogen) atoms. The Bertz CT molecular complexity index is 1120. The summed E-state index contributed by atoms with van der Waals surface area (Å²) < 4.78 is 23.5. The highest BCUT2D eigenvalue weighted by atomic mass is 35.5. The van der Waals surface area contributed by atoms with Crippen LogP contribution in [0.4, 0.5) is 0 Å². The minimum atomic E-state index is -3.44. The molecule has 1 amide bonds. The number of carbonyl (C=O) groups excluding carboxylic acids is 1. The molecular formula is C20H21Cl3N2O5S. The number of sulfone groups is 1. The Morgan fingerprint density at radius 1 is 1.26 bits per heavy atom. The van der Waals surface area contributed by atoms with Crippen LogP contribution in [0.2, 0.25) is 10.0 Å². The Hall–Kier alpha value is -1.84. The van der Waals surface area contributed by atoms with E-state index in [1.165, 1.54) is 18.2 Å². The smallest absolute Gasteiger partial charge is 0.326 e. The van der Waals surface area contributed by atoms with Gasteiger partial charge in [-0.3, -0.25) is 4.79 Å². The largest absolute Gasteiger partial charge is 0.480 e. The van der Waals surface area contributed by atoms with E-state index in [0.29, 0.717) is 25.1 Å². The number of carbonyl (C=O) groups is 2. The van der Waals surface area contributed by atoms with E-state index in [1.807, 2.05) is 0 Å². The van der Waals surface area contributed by atoms with Crippen LogP contribution in [-0.4, -0.2) is 44.2 Å². The van der Waals surface area contributed by atoms with E-state index in [2.05, 4.69) is 10.6 Å². The molecule has 2 aromatic carbocycles. The van der Waals surface area contributed by atoms with Gasteiger partial charge in [0.15, 0.2) is 9.84 Å². The standard InChI is InChI=1S/C20H20Cl2N2O5S.ClH/c1-30(28,29)13-4-2-3-11(7-13)8-16(20(26)27)24-19(25)17-15(21)9-12-10-23-6-5-14(12)18(17)22;/h2-4,7,9,16,23H,5-6,8,10H2,1H3,(H,24,25)(H,26,27);1H. The lowest BCUT2D eigenvalue weighted by Gasteiger charge is -2.22. The Morgan fingerprint density at radius 2 is 1.97 bits per heavy atom. The SMILES string of the molecule is CS(=O)(=O)c1cccc(CC(NC(=O)c2c(Cl)cc3c(c2Cl)CCNC3)C(=O)O)c1.Cl. The monoisotopic (exact) mass is 506 g/mol. The van der Waals surface area contributed by atoms with Crippen molar-refractivity contribution in [2.24, 2.45) is 0 Å². The van der Waals surface area contributed by atoms with Crippen molar-refractivity contribution >= 4 is 57.3 Å². The van der Waals surface area contributed by atoms with Gasteiger partial charge in [0.1, 0.15) is 6.04 Å². The zero-order chi connectivity index (χ0) is 22.1. The fourth-order valence-corrected chi connectivity index (χ4v) is 4.81. The third-order valence-corrected chi connectivity index (χ3v) is 6.70. The average Bonchev–Trinajstić information content (AvgIpc) is 2.67. The van der Waals surface area contributed by atoms with Gasteiger partial charge < -0.3 is 15.7 Å². The average molecular weight is 508 g/mol. The summed E-state index contributed by atoms with van der Waals surface area (Å²) in [5, 5.41) is 15.6. The highest BCUT2D eigenvalue weighted by molar-refractivity contribution is 7.90. The van der Waals surface area contributed by atoms with Gasteiger partial charge in [-0.2, -0.15) is 0 Å². The number of nitrogens with one attached hydrogen (secondary N) is 2. The Balaban J connectivity index is 0.00000341. The fraction of sp³-hybridized carbons (Fsp3) is 0.300. The fourth-order valence-electron chi connectivity index (χ4n) is 3.35. The molecule has 1 atom stereocenters. The summed E-state index contributed by atoms with van der Waals surface area (Å²) in [6.45, 7) is 1.30. The van der Waals surface area contributed by atoms with Crippen molar-refractivity contribution < 1.29 is 23.1 Å². The molecule has 0 saturated carbocycles. The van der Waals surface area contributed by atoms with Crippen LogP contribution in [0.15, 0.2) is 35.2 Å². The van der Waals surface area contributed by atoms with E-state index in [-0.39, 0.29) is 39.3 Å². The van der Waals surface area contributed by atoms with Crippen molar-refractivity contribution in [2.45, 2.75) is 30.3 Å². The van der Waals surface area contributed by atoms with Crippen molar-refractivity contribution in [3.63, 3.8) is 0 Å². The second kappa shape index (κ2) is 10.2. The summed E-state index contributed by atoms with van der Waals surface area (Å²) in [5.74, 6) is -1.96. The maximum Gasteiger partial charge on any atom is 0.326 e. The van der Waals surface area contributed by atoms with Crippen LogP contribution in [-0.2, 0) is 34.0 Å². The third kappa shape index (κ3) is 5.90. The number of amides is 1. The van der Waals surface area contributed by atoms with Crippen LogP contribution >= 0.6 is 35.6 Å². The molecule has 0 saturated heterocycles. The van der Waals surface area contributed by atoms with Crippen LogP contribution in [0, 0.1) is 0 Å². The molecule has 0 bridgehead atoms. The number of carboxylic acid groups (broad SMARTS) is 1. The zero-order valence-electron chi connectivity index (χ0n) is 16.4. The van der Waals surface area contributed by atoms with Gasteiger partial charge in [-0.05, 0) is 47.9 Å². The summed E-state index contributed by atoms with van der Waals surface area (Å²) in [6, 6.07) is 6.31. The molecule has 1 heterocycles. The lowest BCUT2D eigenvalue weighted by Crippen LogP contribution is -2.42. The molecule has 7 nitrogen and oxygen atoms in total. The number of hydrogen-bond donors (Lipinski definition) is 3. The maximum absolute atomic E-state index is 12.8. The number of fused-ring (bicyclic) bond motifs is 1. The first-order chi connectivity index (χ1) is 14.1. The van der Waals surface area contributed by atoms with Gasteiger partial charge in [0.25, 0.3) is 5.91 Å². The summed E-state index contributed by atoms with van der Waals surface area (Å²) in [6.07, 6.45) is 1.60. The molecule has 0 spiro atoms. The predicted octanol–water partition coefficient (Wildman–Crippen LogP) is 2.89. The van der Waals surface area contributed by atoms with E-state index in [1.54, 1.807) is 12.1 Å². The van der Waals surface area contributed by atoms with E-state index < -0.39 is 27.8 Å². The normalized spacial score (nSPS) is 14.2. The molecule has 11 heteroatoms. The molecule has 1 unspecified atom stereocenters. The van der Waals surface area contributed by atoms with Gasteiger partial charge in [-0.1, -0.05) is 35.3 Å². The van der Waals surface area contributed by atoms with E-state index in [9.17, 15) is 23.1 Å². The molecule has 0 fully saturated rings. The Labute approximate surface area is 196 Å². The molecular weight excluding hydrogens is 487 g/mol. The molecule has 1 aliphatic rings. The first kappa shape index (κ1) is 25.4.